The molecule has 0 fully saturated rings. The van der Waals surface area contributed by atoms with Crippen LogP contribution in [0.4, 0.5) is 0 Å². The van der Waals surface area contributed by atoms with Gasteiger partial charge in [0.2, 0.25) is 0 Å². The molecular weight excluding hydrogens is 270 g/mol. The number of rotatable bonds is 2. The largest absolute Gasteiger partial charge is 0.355 e. The Morgan fingerprint density at radius 1 is 1.09 bits per heavy atom. The highest BCUT2D eigenvalue weighted by atomic mass is 15.2. The van der Waals surface area contributed by atoms with E-state index in [1.54, 1.807) is 0 Å². The van der Waals surface area contributed by atoms with E-state index >= 15 is 0 Å². The molecule has 22 heavy (non-hydrogen) atoms. The van der Waals surface area contributed by atoms with Crippen molar-refractivity contribution in [3.05, 3.63) is 70.8 Å². The molecule has 0 aromatic heterocycles. The average Bonchev–Trinajstić information content (AvgIpc) is 3.18. The number of benzene rings is 2. The second kappa shape index (κ2) is 5.48. The highest BCUT2D eigenvalue weighted by Crippen LogP contribution is 2.43. The van der Waals surface area contributed by atoms with Gasteiger partial charge in [0.25, 0.3) is 0 Å². The van der Waals surface area contributed by atoms with Crippen LogP contribution in [0.5, 0.6) is 0 Å². The topological polar surface area (TPSA) is 36.4 Å². The molecule has 112 valence electrons. The quantitative estimate of drug-likeness (QED) is 0.892. The van der Waals surface area contributed by atoms with Crippen LogP contribution in [-0.4, -0.2) is 19.0 Å². The summed E-state index contributed by atoms with van der Waals surface area (Å²) >= 11 is 0. The van der Waals surface area contributed by atoms with Gasteiger partial charge in [0.05, 0.1) is 12.6 Å². The van der Waals surface area contributed by atoms with Crippen molar-refractivity contribution in [3.63, 3.8) is 0 Å². The Labute approximate surface area is 131 Å². The van der Waals surface area contributed by atoms with Gasteiger partial charge in [0.1, 0.15) is 0 Å². The number of nitrogens with zero attached hydrogens (tertiary/aromatic N) is 1. The Morgan fingerprint density at radius 3 is 2.73 bits per heavy atom. The van der Waals surface area contributed by atoms with Crippen molar-refractivity contribution in [3.8, 4) is 0 Å². The molecule has 0 radical (unpaired) electrons. The molecule has 0 bridgehead atoms. The van der Waals surface area contributed by atoms with Crippen molar-refractivity contribution in [2.24, 2.45) is 4.99 Å². The molecule has 2 aromatic rings. The fourth-order valence-electron chi connectivity index (χ4n) is 3.68. The van der Waals surface area contributed by atoms with Crippen LogP contribution in [0.3, 0.4) is 0 Å². The summed E-state index contributed by atoms with van der Waals surface area (Å²) < 4.78 is 0. The summed E-state index contributed by atoms with van der Waals surface area (Å²) in [6.07, 6.45) is 1.09. The van der Waals surface area contributed by atoms with Crippen molar-refractivity contribution in [2.75, 3.05) is 13.1 Å². The summed E-state index contributed by atoms with van der Waals surface area (Å²) in [6.45, 7) is 4.02. The molecule has 2 aliphatic rings. The molecule has 0 saturated carbocycles. The molecule has 1 aliphatic carbocycles. The first-order chi connectivity index (χ1) is 10.8. The molecule has 1 aliphatic heterocycles. The third kappa shape index (κ3) is 2.27. The second-order valence-electron chi connectivity index (χ2n) is 6.14. The van der Waals surface area contributed by atoms with Crippen LogP contribution in [0.1, 0.15) is 34.2 Å². The molecule has 3 heteroatoms. The summed E-state index contributed by atoms with van der Waals surface area (Å²) in [5, 5.41) is 6.99. The summed E-state index contributed by atoms with van der Waals surface area (Å²) in [5.41, 5.74) is 5.70. The monoisotopic (exact) mass is 291 g/mol. The van der Waals surface area contributed by atoms with Gasteiger partial charge in [0.15, 0.2) is 5.96 Å². The van der Waals surface area contributed by atoms with E-state index in [2.05, 4.69) is 71.1 Å². The average molecular weight is 291 g/mol. The van der Waals surface area contributed by atoms with Crippen molar-refractivity contribution in [2.45, 2.75) is 25.3 Å². The van der Waals surface area contributed by atoms with Gasteiger partial charge in [-0.15, -0.1) is 0 Å². The van der Waals surface area contributed by atoms with Gasteiger partial charge in [-0.3, -0.25) is 4.99 Å². The molecule has 2 N–H and O–H groups in total. The molecule has 0 amide bonds. The normalized spacial score (nSPS) is 22.9. The minimum absolute atomic E-state index is 0.293. The van der Waals surface area contributed by atoms with Gasteiger partial charge in [-0.1, -0.05) is 48.5 Å². The van der Waals surface area contributed by atoms with Crippen LogP contribution in [0, 0.1) is 6.92 Å². The van der Waals surface area contributed by atoms with E-state index in [1.807, 2.05) is 0 Å². The lowest BCUT2D eigenvalue weighted by atomic mass is 9.92. The van der Waals surface area contributed by atoms with Gasteiger partial charge in [-0.05, 0) is 35.6 Å². The predicted octanol–water partition coefficient (Wildman–Crippen LogP) is 2.92. The van der Waals surface area contributed by atoms with E-state index in [1.165, 1.54) is 22.3 Å². The first-order valence-corrected chi connectivity index (χ1v) is 8.01. The van der Waals surface area contributed by atoms with Crippen LogP contribution in [0.2, 0.25) is 0 Å². The van der Waals surface area contributed by atoms with Gasteiger partial charge in [-0.2, -0.15) is 0 Å². The highest BCUT2D eigenvalue weighted by molar-refractivity contribution is 5.82. The molecule has 0 unspecified atom stereocenters. The molecule has 2 atom stereocenters. The molecule has 0 spiro atoms. The SMILES string of the molecule is Cc1cccc2c1C[C@@H](c1ccccc1)[C@@H]2NC1=NCCN1. The number of aliphatic imine (C=N–C) groups is 1. The van der Waals surface area contributed by atoms with Crippen molar-refractivity contribution in [1.82, 2.24) is 10.6 Å². The summed E-state index contributed by atoms with van der Waals surface area (Å²) in [5.74, 6) is 1.41. The zero-order valence-corrected chi connectivity index (χ0v) is 12.8. The van der Waals surface area contributed by atoms with E-state index in [9.17, 15) is 0 Å². The Hall–Kier alpha value is -2.29. The first kappa shape index (κ1) is 13.4. The van der Waals surface area contributed by atoms with Crippen molar-refractivity contribution in [1.29, 1.82) is 0 Å². The Morgan fingerprint density at radius 2 is 1.95 bits per heavy atom. The third-order valence-corrected chi connectivity index (χ3v) is 4.80. The highest BCUT2D eigenvalue weighted by Gasteiger charge is 2.35. The maximum Gasteiger partial charge on any atom is 0.191 e. The van der Waals surface area contributed by atoms with Gasteiger partial charge in [0, 0.05) is 12.5 Å². The van der Waals surface area contributed by atoms with Crippen LogP contribution in [0.15, 0.2) is 53.5 Å². The van der Waals surface area contributed by atoms with Crippen molar-refractivity contribution >= 4 is 5.96 Å². The van der Waals surface area contributed by atoms with Crippen LogP contribution in [-0.2, 0) is 6.42 Å². The fraction of sp³-hybridized carbons (Fsp3) is 0.316. The fourth-order valence-corrected chi connectivity index (χ4v) is 3.68. The molecular formula is C19H21N3. The van der Waals surface area contributed by atoms with Crippen LogP contribution >= 0.6 is 0 Å². The molecule has 3 nitrogen and oxygen atoms in total. The van der Waals surface area contributed by atoms with Crippen molar-refractivity contribution < 1.29 is 0 Å². The standard InChI is InChI=1S/C19H21N3/c1-13-6-5-9-15-16(13)12-17(14-7-3-2-4-8-14)18(15)22-19-20-10-11-21-19/h2-9,17-18H,10-12H2,1H3,(H2,20,21,22)/t17-,18+/m0/s1. The van der Waals surface area contributed by atoms with Gasteiger partial charge >= 0.3 is 0 Å². The third-order valence-electron chi connectivity index (χ3n) is 4.80. The van der Waals surface area contributed by atoms with Crippen LogP contribution in [0.25, 0.3) is 0 Å². The van der Waals surface area contributed by atoms with E-state index in [0.717, 1.165) is 25.5 Å². The molecule has 4 rings (SSSR count). The number of fused-ring (bicyclic) bond motifs is 1. The number of guanidine groups is 1. The second-order valence-corrected chi connectivity index (χ2v) is 6.14. The van der Waals surface area contributed by atoms with E-state index < -0.39 is 0 Å². The molecule has 0 saturated heterocycles. The lowest BCUT2D eigenvalue weighted by molar-refractivity contribution is 0.546. The lowest BCUT2D eigenvalue weighted by Gasteiger charge is -2.23. The minimum Gasteiger partial charge on any atom is -0.355 e. The zero-order chi connectivity index (χ0) is 14.9. The number of hydrogen-bond acceptors (Lipinski definition) is 3. The number of hydrogen-bond donors (Lipinski definition) is 2. The predicted molar refractivity (Wildman–Crippen MR) is 90.2 cm³/mol. The molecule has 2 aromatic carbocycles. The van der Waals surface area contributed by atoms with Crippen LogP contribution < -0.4 is 10.6 Å². The zero-order valence-electron chi connectivity index (χ0n) is 12.8. The smallest absolute Gasteiger partial charge is 0.191 e. The Bertz CT molecular complexity index is 706. The summed E-state index contributed by atoms with van der Waals surface area (Å²) in [7, 11) is 0. The van der Waals surface area contributed by atoms with E-state index in [-0.39, 0.29) is 0 Å². The minimum atomic E-state index is 0.293. The summed E-state index contributed by atoms with van der Waals surface area (Å²) in [4.78, 5) is 4.52. The van der Waals surface area contributed by atoms with Gasteiger partial charge < -0.3 is 10.6 Å². The van der Waals surface area contributed by atoms with E-state index in [4.69, 9.17) is 0 Å². The number of nitrogens with one attached hydrogen (secondary N) is 2. The van der Waals surface area contributed by atoms with E-state index in [0.29, 0.717) is 12.0 Å². The van der Waals surface area contributed by atoms with Gasteiger partial charge in [-0.25, -0.2) is 0 Å². The molecule has 1 heterocycles. The number of aryl methyl sites for hydroxylation is 1. The maximum atomic E-state index is 4.52. The lowest BCUT2D eigenvalue weighted by Crippen LogP contribution is -2.37. The summed E-state index contributed by atoms with van der Waals surface area (Å²) in [6, 6.07) is 17.8. The maximum absolute atomic E-state index is 4.52. The Balaban J connectivity index is 1.73. The first-order valence-electron chi connectivity index (χ1n) is 8.01. The Kier molecular flexibility index (Phi) is 3.34.